The zero-order valence-electron chi connectivity index (χ0n) is 6.53. The van der Waals surface area contributed by atoms with E-state index in [2.05, 4.69) is 4.99 Å². The Hall–Kier alpha value is -1.91. The third kappa shape index (κ3) is 1.39. The van der Waals surface area contributed by atoms with Crippen LogP contribution >= 0.6 is 0 Å². The molecule has 12 heavy (non-hydrogen) atoms. The van der Waals surface area contributed by atoms with Crippen LogP contribution in [0.15, 0.2) is 23.2 Å². The standard InChI is InChI=1S/C9H6N2O/c1-7-3-2-4-8(5-10)9(7)11-6-12/h2-4H,1H3. The van der Waals surface area contributed by atoms with Gasteiger partial charge in [-0.25, -0.2) is 4.79 Å². The zero-order chi connectivity index (χ0) is 8.97. The van der Waals surface area contributed by atoms with E-state index in [4.69, 9.17) is 5.26 Å². The lowest BCUT2D eigenvalue weighted by atomic mass is 10.1. The Morgan fingerprint density at radius 3 is 2.83 bits per heavy atom. The van der Waals surface area contributed by atoms with Crippen LogP contribution in [-0.2, 0) is 4.79 Å². The van der Waals surface area contributed by atoms with Crippen molar-refractivity contribution >= 4 is 11.8 Å². The highest BCUT2D eigenvalue weighted by Crippen LogP contribution is 2.21. The quantitative estimate of drug-likeness (QED) is 0.462. The summed E-state index contributed by atoms with van der Waals surface area (Å²) in [6.07, 6.45) is 1.42. The van der Waals surface area contributed by atoms with Crippen LogP contribution in [0.5, 0.6) is 0 Å². The molecule has 3 heteroatoms. The van der Waals surface area contributed by atoms with Crippen molar-refractivity contribution in [2.75, 3.05) is 0 Å². The molecule has 0 aromatic heterocycles. The predicted octanol–water partition coefficient (Wildman–Crippen LogP) is 1.83. The number of hydrogen-bond donors (Lipinski definition) is 0. The molecule has 1 aromatic carbocycles. The molecule has 1 aromatic rings. The van der Waals surface area contributed by atoms with E-state index in [0.717, 1.165) is 5.56 Å². The third-order valence-electron chi connectivity index (χ3n) is 1.52. The van der Waals surface area contributed by atoms with Gasteiger partial charge in [-0.2, -0.15) is 10.3 Å². The van der Waals surface area contributed by atoms with Gasteiger partial charge in [0.15, 0.2) is 0 Å². The second-order valence-corrected chi connectivity index (χ2v) is 2.29. The number of nitrogens with zero attached hydrogens (tertiary/aromatic N) is 2. The molecule has 0 fully saturated rings. The van der Waals surface area contributed by atoms with E-state index < -0.39 is 0 Å². The van der Waals surface area contributed by atoms with Crippen LogP contribution in [0, 0.1) is 18.3 Å². The van der Waals surface area contributed by atoms with Gasteiger partial charge in [0.05, 0.1) is 11.3 Å². The van der Waals surface area contributed by atoms with Crippen LogP contribution in [-0.4, -0.2) is 6.08 Å². The first kappa shape index (κ1) is 8.19. The van der Waals surface area contributed by atoms with Crippen LogP contribution in [0.1, 0.15) is 11.1 Å². The molecule has 0 amide bonds. The summed E-state index contributed by atoms with van der Waals surface area (Å²) in [6, 6.07) is 7.10. The molecular formula is C9H6N2O. The van der Waals surface area contributed by atoms with E-state index >= 15 is 0 Å². The minimum atomic E-state index is 0.401. The summed E-state index contributed by atoms with van der Waals surface area (Å²) >= 11 is 0. The van der Waals surface area contributed by atoms with Crippen molar-refractivity contribution < 1.29 is 4.79 Å². The van der Waals surface area contributed by atoms with Gasteiger partial charge in [0.25, 0.3) is 0 Å². The molecule has 0 unspecified atom stereocenters. The lowest BCUT2D eigenvalue weighted by molar-refractivity contribution is 0.565. The third-order valence-corrected chi connectivity index (χ3v) is 1.52. The van der Waals surface area contributed by atoms with Gasteiger partial charge in [-0.15, -0.1) is 0 Å². The summed E-state index contributed by atoms with van der Waals surface area (Å²) in [5.74, 6) is 0. The van der Waals surface area contributed by atoms with Crippen molar-refractivity contribution in [3.8, 4) is 6.07 Å². The van der Waals surface area contributed by atoms with E-state index in [9.17, 15) is 4.79 Å². The van der Waals surface area contributed by atoms with Crippen molar-refractivity contribution in [1.82, 2.24) is 0 Å². The summed E-state index contributed by atoms with van der Waals surface area (Å²) < 4.78 is 0. The van der Waals surface area contributed by atoms with Crippen LogP contribution < -0.4 is 0 Å². The van der Waals surface area contributed by atoms with Crippen molar-refractivity contribution in [2.45, 2.75) is 6.92 Å². The first-order valence-corrected chi connectivity index (χ1v) is 3.37. The number of aryl methyl sites for hydroxylation is 1. The van der Waals surface area contributed by atoms with Gasteiger partial charge < -0.3 is 0 Å². The molecule has 58 valence electrons. The molecule has 0 radical (unpaired) electrons. The van der Waals surface area contributed by atoms with E-state index in [1.807, 2.05) is 6.07 Å². The van der Waals surface area contributed by atoms with Crippen molar-refractivity contribution in [3.63, 3.8) is 0 Å². The lowest BCUT2D eigenvalue weighted by Crippen LogP contribution is -1.79. The molecule has 0 saturated carbocycles. The summed E-state index contributed by atoms with van der Waals surface area (Å²) in [5, 5.41) is 8.63. The average Bonchev–Trinajstić information content (AvgIpc) is 2.09. The molecule has 0 saturated heterocycles. The highest BCUT2D eigenvalue weighted by atomic mass is 16.1. The number of isocyanates is 1. The topological polar surface area (TPSA) is 53.2 Å². The van der Waals surface area contributed by atoms with Gasteiger partial charge in [-0.3, -0.25) is 0 Å². The maximum absolute atomic E-state index is 9.99. The van der Waals surface area contributed by atoms with Crippen molar-refractivity contribution in [1.29, 1.82) is 5.26 Å². The fourth-order valence-corrected chi connectivity index (χ4v) is 0.943. The highest BCUT2D eigenvalue weighted by molar-refractivity contribution is 5.62. The fraction of sp³-hybridized carbons (Fsp3) is 0.111. The molecule has 0 atom stereocenters. The Morgan fingerprint density at radius 1 is 1.50 bits per heavy atom. The van der Waals surface area contributed by atoms with Gasteiger partial charge in [0.2, 0.25) is 6.08 Å². The highest BCUT2D eigenvalue weighted by Gasteiger charge is 2.01. The number of aliphatic imine (C=N–C) groups is 1. The predicted molar refractivity (Wildman–Crippen MR) is 43.7 cm³/mol. The summed E-state index contributed by atoms with van der Waals surface area (Å²) in [4.78, 5) is 13.4. The molecule has 0 aliphatic carbocycles. The molecular weight excluding hydrogens is 152 g/mol. The monoisotopic (exact) mass is 158 g/mol. The van der Waals surface area contributed by atoms with Crippen LogP contribution in [0.4, 0.5) is 5.69 Å². The Balaban J connectivity index is 3.41. The molecule has 0 heterocycles. The minimum absolute atomic E-state index is 0.401. The summed E-state index contributed by atoms with van der Waals surface area (Å²) in [5.41, 5.74) is 1.62. The van der Waals surface area contributed by atoms with E-state index in [1.54, 1.807) is 25.1 Å². The fourth-order valence-electron chi connectivity index (χ4n) is 0.943. The van der Waals surface area contributed by atoms with E-state index in [1.165, 1.54) is 6.08 Å². The van der Waals surface area contributed by atoms with E-state index in [-0.39, 0.29) is 0 Å². The zero-order valence-corrected chi connectivity index (χ0v) is 6.53. The van der Waals surface area contributed by atoms with Gasteiger partial charge in [0.1, 0.15) is 6.07 Å². The Labute approximate surface area is 70.0 Å². The number of benzene rings is 1. The first-order valence-electron chi connectivity index (χ1n) is 3.37. The SMILES string of the molecule is Cc1cccc(C#N)c1N=C=O. The Morgan fingerprint density at radius 2 is 2.25 bits per heavy atom. The lowest BCUT2D eigenvalue weighted by Gasteiger charge is -1.97. The molecule has 0 bridgehead atoms. The van der Waals surface area contributed by atoms with Crippen LogP contribution in [0.2, 0.25) is 0 Å². The maximum atomic E-state index is 9.99. The Bertz CT molecular complexity index is 384. The minimum Gasteiger partial charge on any atom is -0.211 e. The number of hydrogen-bond acceptors (Lipinski definition) is 3. The van der Waals surface area contributed by atoms with Crippen LogP contribution in [0.25, 0.3) is 0 Å². The van der Waals surface area contributed by atoms with Crippen molar-refractivity contribution in [2.24, 2.45) is 4.99 Å². The number of rotatable bonds is 1. The summed E-state index contributed by atoms with van der Waals surface area (Å²) in [6.45, 7) is 1.79. The maximum Gasteiger partial charge on any atom is 0.240 e. The van der Waals surface area contributed by atoms with Crippen LogP contribution in [0.3, 0.4) is 0 Å². The Kier molecular flexibility index (Phi) is 2.37. The second kappa shape index (κ2) is 3.47. The molecule has 0 aliphatic heterocycles. The largest absolute Gasteiger partial charge is 0.240 e. The van der Waals surface area contributed by atoms with E-state index in [0.29, 0.717) is 11.3 Å². The molecule has 0 N–H and O–H groups in total. The van der Waals surface area contributed by atoms with Gasteiger partial charge in [0, 0.05) is 0 Å². The normalized spacial score (nSPS) is 8.33. The van der Waals surface area contributed by atoms with Gasteiger partial charge in [-0.1, -0.05) is 12.1 Å². The van der Waals surface area contributed by atoms with Gasteiger partial charge in [-0.05, 0) is 18.6 Å². The first-order chi connectivity index (χ1) is 5.79. The molecule has 0 aliphatic rings. The van der Waals surface area contributed by atoms with Crippen molar-refractivity contribution in [3.05, 3.63) is 29.3 Å². The summed E-state index contributed by atoms with van der Waals surface area (Å²) in [7, 11) is 0. The smallest absolute Gasteiger partial charge is 0.211 e. The number of carbonyl (C=O) groups excluding carboxylic acids is 1. The second-order valence-electron chi connectivity index (χ2n) is 2.29. The number of nitriles is 1. The number of para-hydroxylation sites is 1. The molecule has 3 nitrogen and oxygen atoms in total. The molecule has 1 rings (SSSR count). The average molecular weight is 158 g/mol. The van der Waals surface area contributed by atoms with Gasteiger partial charge >= 0.3 is 0 Å². The molecule has 0 spiro atoms.